The first-order chi connectivity index (χ1) is 21.8. The van der Waals surface area contributed by atoms with Gasteiger partial charge < -0.3 is 30.1 Å². The molecule has 12 nitrogen and oxygen atoms in total. The maximum absolute atomic E-state index is 13.8. The number of fused-ring (bicyclic) bond motifs is 2. The van der Waals surface area contributed by atoms with Crippen LogP contribution < -0.4 is 21.3 Å². The van der Waals surface area contributed by atoms with Crippen molar-refractivity contribution in [2.24, 2.45) is 5.92 Å². The fraction of sp³-hybridized carbons (Fsp3) is 0.485. The Hall–Kier alpha value is -4.45. The van der Waals surface area contributed by atoms with Crippen LogP contribution in [0.1, 0.15) is 90.3 Å². The van der Waals surface area contributed by atoms with E-state index in [9.17, 15) is 19.2 Å². The highest BCUT2D eigenvalue weighted by molar-refractivity contribution is 5.97. The topological polar surface area (TPSA) is 159 Å². The van der Waals surface area contributed by atoms with Gasteiger partial charge in [0.1, 0.15) is 30.1 Å². The van der Waals surface area contributed by atoms with Crippen LogP contribution in [0, 0.1) is 5.92 Å². The summed E-state index contributed by atoms with van der Waals surface area (Å²) in [6.45, 7) is 6.77. The summed E-state index contributed by atoms with van der Waals surface area (Å²) in [5.41, 5.74) is 0.976. The third-order valence-corrected chi connectivity index (χ3v) is 8.19. The van der Waals surface area contributed by atoms with Crippen LogP contribution in [0.2, 0.25) is 0 Å². The molecule has 2 aromatic heterocycles. The normalized spacial score (nSPS) is 22.1. The summed E-state index contributed by atoms with van der Waals surface area (Å²) in [6.07, 6.45) is 5.17. The number of hydrogen-bond donors (Lipinski definition) is 4. The van der Waals surface area contributed by atoms with Gasteiger partial charge in [-0.1, -0.05) is 44.2 Å². The molecule has 0 spiro atoms. The average Bonchev–Trinajstić information content (AvgIpc) is 3.82. The molecule has 4 N–H and O–H groups in total. The first kappa shape index (κ1) is 32.0. The minimum Gasteiger partial charge on any atom is -0.455 e. The number of carbonyl (C=O) groups excluding carboxylic acids is 4. The Morgan fingerprint density at radius 3 is 2.53 bits per heavy atom. The summed E-state index contributed by atoms with van der Waals surface area (Å²) >= 11 is 0. The van der Waals surface area contributed by atoms with E-state index in [0.29, 0.717) is 31.7 Å². The number of rotatable bonds is 7. The molecule has 5 rings (SSSR count). The molecule has 12 heteroatoms. The van der Waals surface area contributed by atoms with Crippen LogP contribution in [0.15, 0.2) is 57.6 Å². The SMILES string of the molecule is CC(C)[C@@H]1NC(=O)[C@H](Cc2ccccc2)NC(=O)[C@@H](NC(=O)c2ccc(CN3CCCC3)o2)CCCCNC(=O)c2coc1n2. The second kappa shape index (κ2) is 15.0. The lowest BCUT2D eigenvalue weighted by atomic mass is 10.0. The Morgan fingerprint density at radius 2 is 1.78 bits per heavy atom. The van der Waals surface area contributed by atoms with Gasteiger partial charge in [0.2, 0.25) is 17.7 Å². The molecule has 4 amide bonds. The number of nitrogens with zero attached hydrogens (tertiary/aromatic N) is 2. The first-order valence-corrected chi connectivity index (χ1v) is 15.8. The quantitative estimate of drug-likeness (QED) is 0.314. The molecule has 2 bridgehead atoms. The van der Waals surface area contributed by atoms with Crippen LogP contribution in [0.25, 0.3) is 0 Å². The highest BCUT2D eigenvalue weighted by Gasteiger charge is 2.32. The van der Waals surface area contributed by atoms with Gasteiger partial charge in [0.05, 0.1) is 6.54 Å². The highest BCUT2D eigenvalue weighted by Crippen LogP contribution is 2.22. The summed E-state index contributed by atoms with van der Waals surface area (Å²) in [5.74, 6) is -0.939. The van der Waals surface area contributed by atoms with Crippen LogP contribution in [0.5, 0.6) is 0 Å². The van der Waals surface area contributed by atoms with Gasteiger partial charge in [-0.15, -0.1) is 0 Å². The molecular weight excluding hydrogens is 576 g/mol. The molecule has 1 fully saturated rings. The van der Waals surface area contributed by atoms with Gasteiger partial charge in [0.15, 0.2) is 11.5 Å². The molecule has 0 unspecified atom stereocenters. The summed E-state index contributed by atoms with van der Waals surface area (Å²) < 4.78 is 11.5. The number of likely N-dealkylation sites (tertiary alicyclic amines) is 1. The Balaban J connectivity index is 1.36. The van der Waals surface area contributed by atoms with Gasteiger partial charge in [-0.2, -0.15) is 0 Å². The minimum absolute atomic E-state index is 0.124. The molecule has 0 saturated carbocycles. The van der Waals surface area contributed by atoms with Crippen molar-refractivity contribution in [3.8, 4) is 0 Å². The Labute approximate surface area is 262 Å². The van der Waals surface area contributed by atoms with Crippen molar-refractivity contribution in [3.05, 3.63) is 77.4 Å². The third-order valence-electron chi connectivity index (χ3n) is 8.19. The average molecular weight is 619 g/mol. The van der Waals surface area contributed by atoms with Gasteiger partial charge in [-0.05, 0) is 68.8 Å². The van der Waals surface area contributed by atoms with Crippen molar-refractivity contribution in [2.75, 3.05) is 19.6 Å². The summed E-state index contributed by atoms with van der Waals surface area (Å²) in [7, 11) is 0. The highest BCUT2D eigenvalue weighted by atomic mass is 16.4. The predicted octanol–water partition coefficient (Wildman–Crippen LogP) is 3.12. The molecule has 240 valence electrons. The third kappa shape index (κ3) is 8.59. The number of carbonyl (C=O) groups is 4. The lowest BCUT2D eigenvalue weighted by molar-refractivity contribution is -0.130. The summed E-state index contributed by atoms with van der Waals surface area (Å²) in [5, 5.41) is 11.5. The van der Waals surface area contributed by atoms with Crippen LogP contribution in [-0.2, 0) is 22.6 Å². The summed E-state index contributed by atoms with van der Waals surface area (Å²) in [6, 6.07) is 10.2. The molecule has 2 aliphatic rings. The van der Waals surface area contributed by atoms with Gasteiger partial charge in [-0.3, -0.25) is 24.1 Å². The smallest absolute Gasteiger partial charge is 0.287 e. The minimum atomic E-state index is -0.957. The van der Waals surface area contributed by atoms with Crippen LogP contribution in [0.4, 0.5) is 0 Å². The van der Waals surface area contributed by atoms with Crippen molar-refractivity contribution in [1.29, 1.82) is 0 Å². The maximum Gasteiger partial charge on any atom is 0.287 e. The van der Waals surface area contributed by atoms with E-state index in [1.54, 1.807) is 12.1 Å². The molecule has 0 radical (unpaired) electrons. The zero-order valence-corrected chi connectivity index (χ0v) is 25.8. The zero-order valence-electron chi connectivity index (χ0n) is 25.8. The zero-order chi connectivity index (χ0) is 31.8. The molecule has 3 aromatic rings. The van der Waals surface area contributed by atoms with E-state index in [4.69, 9.17) is 8.83 Å². The molecule has 0 aliphatic carbocycles. The number of hydrogen-bond acceptors (Lipinski definition) is 8. The number of benzene rings is 1. The van der Waals surface area contributed by atoms with E-state index in [1.165, 1.54) is 6.26 Å². The van der Waals surface area contributed by atoms with Crippen molar-refractivity contribution in [3.63, 3.8) is 0 Å². The molecule has 45 heavy (non-hydrogen) atoms. The van der Waals surface area contributed by atoms with E-state index in [1.807, 2.05) is 44.2 Å². The predicted molar refractivity (Wildman–Crippen MR) is 165 cm³/mol. The van der Waals surface area contributed by atoms with Crippen LogP contribution >= 0.6 is 0 Å². The molecule has 3 atom stereocenters. The second-order valence-electron chi connectivity index (χ2n) is 12.1. The molecule has 4 heterocycles. The van der Waals surface area contributed by atoms with Gasteiger partial charge in [0, 0.05) is 13.0 Å². The molecule has 1 saturated heterocycles. The lowest BCUT2D eigenvalue weighted by Gasteiger charge is -2.26. The van der Waals surface area contributed by atoms with E-state index in [2.05, 4.69) is 31.2 Å². The van der Waals surface area contributed by atoms with Crippen molar-refractivity contribution >= 4 is 23.6 Å². The van der Waals surface area contributed by atoms with Crippen LogP contribution in [-0.4, -0.2) is 65.2 Å². The standard InChI is InChI=1S/C33H42N6O6/c1-21(2)28-33-37-26(20-44-33)29(40)34-15-7-6-12-24(30(41)36-25(31(42)38-28)18-22-10-4-3-5-11-22)35-32(43)27-14-13-23(45-27)19-39-16-8-9-17-39/h3-5,10-11,13-14,20-21,24-25,28H,6-9,12,15-19H2,1-2H3,(H,34,40)(H,35,43)(H,36,41)(H,38,42)/t24-,25-,28-/m0/s1. The van der Waals surface area contributed by atoms with Gasteiger partial charge in [-0.25, -0.2) is 4.98 Å². The van der Waals surface area contributed by atoms with Crippen molar-refractivity contribution in [1.82, 2.24) is 31.2 Å². The fourth-order valence-electron chi connectivity index (χ4n) is 5.64. The molecule has 1 aromatic carbocycles. The lowest BCUT2D eigenvalue weighted by Crippen LogP contribution is -2.55. The largest absolute Gasteiger partial charge is 0.455 e. The van der Waals surface area contributed by atoms with Gasteiger partial charge in [0.25, 0.3) is 11.8 Å². The summed E-state index contributed by atoms with van der Waals surface area (Å²) in [4.78, 5) is 60.1. The number of nitrogens with one attached hydrogen (secondary N) is 4. The molecular formula is C33H42N6O6. The number of amides is 4. The maximum atomic E-state index is 13.8. The number of oxazole rings is 1. The van der Waals surface area contributed by atoms with E-state index < -0.39 is 41.8 Å². The number of aromatic nitrogens is 1. The van der Waals surface area contributed by atoms with Crippen LogP contribution in [0.3, 0.4) is 0 Å². The van der Waals surface area contributed by atoms with E-state index >= 15 is 0 Å². The Kier molecular flexibility index (Phi) is 10.7. The fourth-order valence-corrected chi connectivity index (χ4v) is 5.64. The van der Waals surface area contributed by atoms with Gasteiger partial charge >= 0.3 is 0 Å². The molecule has 2 aliphatic heterocycles. The monoisotopic (exact) mass is 618 g/mol. The number of furan rings is 1. The Bertz CT molecular complexity index is 1460. The van der Waals surface area contributed by atoms with Crippen molar-refractivity contribution < 1.29 is 28.0 Å². The van der Waals surface area contributed by atoms with Crippen molar-refractivity contribution in [2.45, 2.75) is 77.0 Å². The first-order valence-electron chi connectivity index (χ1n) is 15.8. The second-order valence-corrected chi connectivity index (χ2v) is 12.1. The van der Waals surface area contributed by atoms with E-state index in [0.717, 1.165) is 31.5 Å². The van der Waals surface area contributed by atoms with E-state index in [-0.39, 0.29) is 36.1 Å². The Morgan fingerprint density at radius 1 is 1.00 bits per heavy atom.